The summed E-state index contributed by atoms with van der Waals surface area (Å²) in [5, 5.41) is 1.02. The average Bonchev–Trinajstić information content (AvgIpc) is 2.46. The van der Waals surface area contributed by atoms with Gasteiger partial charge in [-0.15, -0.1) is 11.6 Å². The number of para-hydroxylation sites is 1. The second-order valence-electron chi connectivity index (χ2n) is 4.74. The minimum Gasteiger partial charge on any atom is -0.244 e. The summed E-state index contributed by atoms with van der Waals surface area (Å²) in [4.78, 5) is 13.5. The second-order valence-corrected chi connectivity index (χ2v) is 5.39. The molecule has 1 unspecified atom stereocenters. The Kier molecular flexibility index (Phi) is 3.36. The van der Waals surface area contributed by atoms with Gasteiger partial charge < -0.3 is 0 Å². The molecule has 0 saturated carbocycles. The van der Waals surface area contributed by atoms with Crippen molar-refractivity contribution in [3.05, 3.63) is 53.9 Å². The van der Waals surface area contributed by atoms with Crippen LogP contribution in [0.3, 0.4) is 0 Å². The maximum Gasteiger partial charge on any atom is 0.178 e. The molecule has 20 heavy (non-hydrogen) atoms. The minimum atomic E-state index is -0.0892. The summed E-state index contributed by atoms with van der Waals surface area (Å²) in [6.07, 6.45) is 1.78. The highest BCUT2D eigenvalue weighted by Gasteiger charge is 2.10. The number of fused-ring (bicyclic) bond motifs is 1. The largest absolute Gasteiger partial charge is 0.244 e. The molecular weight excluding hydrogens is 270 g/mol. The zero-order chi connectivity index (χ0) is 14.1. The molecule has 0 aliphatic carbocycles. The van der Waals surface area contributed by atoms with E-state index in [-0.39, 0.29) is 5.38 Å². The van der Waals surface area contributed by atoms with Gasteiger partial charge in [-0.2, -0.15) is 0 Å². The number of rotatable bonds is 2. The molecule has 3 aromatic rings. The third-order valence-corrected chi connectivity index (χ3v) is 3.51. The predicted octanol–water partition coefficient (Wildman–Crippen LogP) is 4.30. The molecule has 0 spiro atoms. The summed E-state index contributed by atoms with van der Waals surface area (Å²) in [5.41, 5.74) is 3.57. The molecular formula is C16H14ClN3. The summed E-state index contributed by atoms with van der Waals surface area (Å²) < 4.78 is 0. The highest BCUT2D eigenvalue weighted by molar-refractivity contribution is 6.20. The summed E-state index contributed by atoms with van der Waals surface area (Å²) >= 11 is 6.09. The lowest BCUT2D eigenvalue weighted by molar-refractivity contribution is 0.972. The molecule has 4 heteroatoms. The SMILES string of the molecule is Cc1nc(-c2ccc3ccccc3n2)ncc1C(C)Cl. The fourth-order valence-electron chi connectivity index (χ4n) is 2.18. The van der Waals surface area contributed by atoms with Gasteiger partial charge in [0, 0.05) is 22.8 Å². The van der Waals surface area contributed by atoms with Crippen LogP contribution in [0.25, 0.3) is 22.4 Å². The number of halogens is 1. The molecule has 3 nitrogen and oxygen atoms in total. The van der Waals surface area contributed by atoms with E-state index in [0.717, 1.165) is 27.9 Å². The molecule has 0 fully saturated rings. The van der Waals surface area contributed by atoms with E-state index >= 15 is 0 Å². The van der Waals surface area contributed by atoms with Gasteiger partial charge >= 0.3 is 0 Å². The lowest BCUT2D eigenvalue weighted by Crippen LogP contribution is -1.99. The van der Waals surface area contributed by atoms with Crippen molar-refractivity contribution < 1.29 is 0 Å². The van der Waals surface area contributed by atoms with Crippen LogP contribution in [-0.2, 0) is 0 Å². The first kappa shape index (κ1) is 13.0. The Labute approximate surface area is 122 Å². The van der Waals surface area contributed by atoms with E-state index in [0.29, 0.717) is 5.82 Å². The van der Waals surface area contributed by atoms with Crippen LogP contribution >= 0.6 is 11.6 Å². The van der Waals surface area contributed by atoms with Crippen molar-refractivity contribution in [2.24, 2.45) is 0 Å². The first-order chi connectivity index (χ1) is 9.65. The van der Waals surface area contributed by atoms with Gasteiger partial charge in [0.05, 0.1) is 10.9 Å². The molecule has 2 aromatic heterocycles. The lowest BCUT2D eigenvalue weighted by atomic mass is 10.1. The number of benzene rings is 1. The number of nitrogens with zero attached hydrogens (tertiary/aromatic N) is 3. The van der Waals surface area contributed by atoms with Crippen LogP contribution in [0.5, 0.6) is 0 Å². The van der Waals surface area contributed by atoms with Gasteiger partial charge in [-0.25, -0.2) is 15.0 Å². The van der Waals surface area contributed by atoms with Gasteiger partial charge in [0.25, 0.3) is 0 Å². The van der Waals surface area contributed by atoms with Crippen molar-refractivity contribution in [2.45, 2.75) is 19.2 Å². The van der Waals surface area contributed by atoms with Crippen molar-refractivity contribution >= 4 is 22.5 Å². The summed E-state index contributed by atoms with van der Waals surface area (Å²) in [5.74, 6) is 0.634. The van der Waals surface area contributed by atoms with E-state index in [1.165, 1.54) is 0 Å². The maximum absolute atomic E-state index is 6.09. The van der Waals surface area contributed by atoms with Gasteiger partial charge in [0.15, 0.2) is 5.82 Å². The molecule has 0 saturated heterocycles. The van der Waals surface area contributed by atoms with Gasteiger partial charge in [-0.1, -0.05) is 24.3 Å². The van der Waals surface area contributed by atoms with Crippen molar-refractivity contribution in [3.8, 4) is 11.5 Å². The molecule has 0 aliphatic rings. The first-order valence-corrected chi connectivity index (χ1v) is 6.92. The predicted molar refractivity (Wildman–Crippen MR) is 81.8 cm³/mol. The number of aromatic nitrogens is 3. The van der Waals surface area contributed by atoms with Crippen molar-refractivity contribution in [1.82, 2.24) is 15.0 Å². The molecule has 100 valence electrons. The third kappa shape index (κ3) is 2.37. The van der Waals surface area contributed by atoms with E-state index in [9.17, 15) is 0 Å². The Bertz CT molecular complexity index is 769. The Morgan fingerprint density at radius 1 is 1.05 bits per heavy atom. The molecule has 0 N–H and O–H groups in total. The number of aryl methyl sites for hydroxylation is 1. The standard InChI is InChI=1S/C16H14ClN3/c1-10(17)13-9-18-16(19-11(13)2)15-8-7-12-5-3-4-6-14(12)20-15/h3-10H,1-2H3. The van der Waals surface area contributed by atoms with Crippen molar-refractivity contribution in [1.29, 1.82) is 0 Å². The van der Waals surface area contributed by atoms with E-state index in [2.05, 4.69) is 15.0 Å². The van der Waals surface area contributed by atoms with Gasteiger partial charge in [-0.05, 0) is 26.0 Å². The summed E-state index contributed by atoms with van der Waals surface area (Å²) in [6.45, 7) is 3.86. The second kappa shape index (κ2) is 5.17. The van der Waals surface area contributed by atoms with Gasteiger partial charge in [0.1, 0.15) is 5.69 Å². The van der Waals surface area contributed by atoms with Crippen LogP contribution in [-0.4, -0.2) is 15.0 Å². The van der Waals surface area contributed by atoms with Crippen LogP contribution in [0, 0.1) is 6.92 Å². The van der Waals surface area contributed by atoms with Crippen LogP contribution in [0.15, 0.2) is 42.6 Å². The maximum atomic E-state index is 6.09. The molecule has 0 amide bonds. The molecule has 1 aromatic carbocycles. The number of alkyl halides is 1. The van der Waals surface area contributed by atoms with Crippen LogP contribution in [0.4, 0.5) is 0 Å². The molecule has 0 bridgehead atoms. The molecule has 0 radical (unpaired) electrons. The fraction of sp³-hybridized carbons (Fsp3) is 0.188. The topological polar surface area (TPSA) is 38.7 Å². The fourth-order valence-corrected chi connectivity index (χ4v) is 2.40. The minimum absolute atomic E-state index is 0.0892. The normalized spacial score (nSPS) is 12.6. The Morgan fingerprint density at radius 3 is 2.60 bits per heavy atom. The van der Waals surface area contributed by atoms with Crippen molar-refractivity contribution in [3.63, 3.8) is 0 Å². The highest BCUT2D eigenvalue weighted by Crippen LogP contribution is 2.23. The third-order valence-electron chi connectivity index (χ3n) is 3.27. The Hall–Kier alpha value is -2.00. The zero-order valence-corrected chi connectivity index (χ0v) is 12.1. The number of hydrogen-bond donors (Lipinski definition) is 0. The van der Waals surface area contributed by atoms with Gasteiger partial charge in [0.2, 0.25) is 0 Å². The van der Waals surface area contributed by atoms with E-state index < -0.39 is 0 Å². The summed E-state index contributed by atoms with van der Waals surface area (Å²) in [7, 11) is 0. The molecule has 1 atom stereocenters. The van der Waals surface area contributed by atoms with E-state index in [1.807, 2.05) is 50.2 Å². The molecule has 2 heterocycles. The smallest absolute Gasteiger partial charge is 0.178 e. The van der Waals surface area contributed by atoms with E-state index in [4.69, 9.17) is 11.6 Å². The Balaban J connectivity index is 2.08. The Morgan fingerprint density at radius 2 is 1.85 bits per heavy atom. The highest BCUT2D eigenvalue weighted by atomic mass is 35.5. The zero-order valence-electron chi connectivity index (χ0n) is 11.3. The van der Waals surface area contributed by atoms with Crippen molar-refractivity contribution in [2.75, 3.05) is 0 Å². The van der Waals surface area contributed by atoms with Crippen LogP contribution in [0.1, 0.15) is 23.6 Å². The van der Waals surface area contributed by atoms with Gasteiger partial charge in [-0.3, -0.25) is 0 Å². The van der Waals surface area contributed by atoms with Crippen LogP contribution in [0.2, 0.25) is 0 Å². The molecule has 0 aliphatic heterocycles. The average molecular weight is 284 g/mol. The monoisotopic (exact) mass is 283 g/mol. The lowest BCUT2D eigenvalue weighted by Gasteiger charge is -2.08. The quantitative estimate of drug-likeness (QED) is 0.658. The summed E-state index contributed by atoms with van der Waals surface area (Å²) in [6, 6.07) is 12.0. The molecule has 3 rings (SSSR count). The van der Waals surface area contributed by atoms with Crippen LogP contribution < -0.4 is 0 Å². The number of hydrogen-bond acceptors (Lipinski definition) is 3. The number of pyridine rings is 1. The first-order valence-electron chi connectivity index (χ1n) is 6.49. The van der Waals surface area contributed by atoms with E-state index in [1.54, 1.807) is 6.20 Å².